The molecular formula is C24H26N4O4. The van der Waals surface area contributed by atoms with Crippen molar-refractivity contribution in [3.63, 3.8) is 0 Å². The molecule has 0 saturated heterocycles. The SMILES string of the molecule is COc1ccc(CCNC(=O)[C@H](C)n2c3ccccc3c3cnn(C)c(=O)c32)c(OC)c1. The van der Waals surface area contributed by atoms with E-state index in [1.54, 1.807) is 39.0 Å². The van der Waals surface area contributed by atoms with E-state index >= 15 is 0 Å². The fourth-order valence-corrected chi connectivity index (χ4v) is 4.03. The standard InChI is InChI=1S/C24H26N4O4/c1-15(23(29)25-12-11-16-9-10-17(31-3)13-21(16)32-4)28-20-8-6-5-7-18(20)19-14-26-27(2)24(30)22(19)28/h5-10,13-15H,11-12H2,1-4H3,(H,25,29)/t15-/m0/s1. The zero-order valence-electron chi connectivity index (χ0n) is 18.6. The van der Waals surface area contributed by atoms with E-state index in [1.807, 2.05) is 42.5 Å². The van der Waals surface area contributed by atoms with Crippen molar-refractivity contribution in [1.29, 1.82) is 0 Å². The molecule has 1 atom stereocenters. The second-order valence-electron chi connectivity index (χ2n) is 7.62. The summed E-state index contributed by atoms with van der Waals surface area (Å²) in [5.74, 6) is 1.26. The molecule has 2 aromatic heterocycles. The molecule has 0 unspecified atom stereocenters. The summed E-state index contributed by atoms with van der Waals surface area (Å²) in [5.41, 5.74) is 2.04. The highest BCUT2D eigenvalue weighted by atomic mass is 16.5. The fraction of sp³-hybridized carbons (Fsp3) is 0.292. The van der Waals surface area contributed by atoms with Gasteiger partial charge in [0.25, 0.3) is 5.56 Å². The number of benzene rings is 2. The Morgan fingerprint density at radius 3 is 2.66 bits per heavy atom. The van der Waals surface area contributed by atoms with Gasteiger partial charge in [0.15, 0.2) is 0 Å². The summed E-state index contributed by atoms with van der Waals surface area (Å²) in [5, 5.41) is 8.79. The van der Waals surface area contributed by atoms with Crippen molar-refractivity contribution in [2.24, 2.45) is 7.05 Å². The van der Waals surface area contributed by atoms with Gasteiger partial charge in [-0.05, 0) is 31.0 Å². The van der Waals surface area contributed by atoms with Gasteiger partial charge in [-0.3, -0.25) is 9.59 Å². The van der Waals surface area contributed by atoms with Crippen LogP contribution in [0.5, 0.6) is 11.5 Å². The number of hydrogen-bond acceptors (Lipinski definition) is 5. The second-order valence-corrected chi connectivity index (χ2v) is 7.62. The lowest BCUT2D eigenvalue weighted by molar-refractivity contribution is -0.123. The summed E-state index contributed by atoms with van der Waals surface area (Å²) in [6.07, 6.45) is 2.28. The Labute approximate surface area is 185 Å². The Kier molecular flexibility index (Phi) is 5.85. The normalized spacial score (nSPS) is 12.1. The van der Waals surface area contributed by atoms with E-state index in [4.69, 9.17) is 9.47 Å². The van der Waals surface area contributed by atoms with Crippen molar-refractivity contribution in [1.82, 2.24) is 19.7 Å². The first-order chi connectivity index (χ1) is 15.5. The monoisotopic (exact) mass is 434 g/mol. The van der Waals surface area contributed by atoms with Gasteiger partial charge in [0, 0.05) is 30.4 Å². The van der Waals surface area contributed by atoms with Gasteiger partial charge in [0.1, 0.15) is 23.1 Å². The molecule has 1 N–H and O–H groups in total. The Bertz CT molecular complexity index is 1360. The number of nitrogens with zero attached hydrogens (tertiary/aromatic N) is 3. The van der Waals surface area contributed by atoms with Crippen molar-refractivity contribution >= 4 is 27.7 Å². The molecule has 2 heterocycles. The predicted molar refractivity (Wildman–Crippen MR) is 123 cm³/mol. The number of aromatic nitrogens is 3. The number of amides is 1. The number of para-hydroxylation sites is 1. The molecule has 0 aliphatic rings. The molecule has 0 spiro atoms. The molecule has 166 valence electrons. The third-order valence-corrected chi connectivity index (χ3v) is 5.76. The zero-order valence-corrected chi connectivity index (χ0v) is 18.6. The first-order valence-corrected chi connectivity index (χ1v) is 10.4. The van der Waals surface area contributed by atoms with Gasteiger partial charge in [0.2, 0.25) is 5.91 Å². The fourth-order valence-electron chi connectivity index (χ4n) is 4.03. The summed E-state index contributed by atoms with van der Waals surface area (Å²) in [6, 6.07) is 12.7. The van der Waals surface area contributed by atoms with Gasteiger partial charge in [0.05, 0.1) is 25.9 Å². The Morgan fingerprint density at radius 2 is 1.91 bits per heavy atom. The van der Waals surface area contributed by atoms with E-state index in [-0.39, 0.29) is 11.5 Å². The predicted octanol–water partition coefficient (Wildman–Crippen LogP) is 2.83. The van der Waals surface area contributed by atoms with Gasteiger partial charge < -0.3 is 19.4 Å². The Balaban J connectivity index is 1.60. The minimum Gasteiger partial charge on any atom is -0.497 e. The first kappa shape index (κ1) is 21.4. The van der Waals surface area contributed by atoms with Crippen molar-refractivity contribution in [3.8, 4) is 11.5 Å². The number of carbonyl (C=O) groups is 1. The van der Waals surface area contributed by atoms with Crippen LogP contribution < -0.4 is 20.3 Å². The average Bonchev–Trinajstić information content (AvgIpc) is 3.16. The van der Waals surface area contributed by atoms with E-state index in [0.717, 1.165) is 21.9 Å². The van der Waals surface area contributed by atoms with Gasteiger partial charge >= 0.3 is 0 Å². The van der Waals surface area contributed by atoms with Crippen LogP contribution in [0.3, 0.4) is 0 Å². The van der Waals surface area contributed by atoms with Crippen LogP contribution in [0.2, 0.25) is 0 Å². The topological polar surface area (TPSA) is 87.4 Å². The molecule has 8 nitrogen and oxygen atoms in total. The maximum absolute atomic E-state index is 13.1. The molecular weight excluding hydrogens is 408 g/mol. The number of ether oxygens (including phenoxy) is 2. The molecule has 32 heavy (non-hydrogen) atoms. The lowest BCUT2D eigenvalue weighted by Crippen LogP contribution is -2.33. The maximum Gasteiger partial charge on any atom is 0.291 e. The number of aryl methyl sites for hydroxylation is 1. The average molecular weight is 434 g/mol. The van der Waals surface area contributed by atoms with Crippen LogP contribution in [0.25, 0.3) is 21.8 Å². The largest absolute Gasteiger partial charge is 0.497 e. The summed E-state index contributed by atoms with van der Waals surface area (Å²) < 4.78 is 13.8. The minimum absolute atomic E-state index is 0.168. The smallest absolute Gasteiger partial charge is 0.291 e. The number of methoxy groups -OCH3 is 2. The third kappa shape index (κ3) is 3.68. The first-order valence-electron chi connectivity index (χ1n) is 10.4. The maximum atomic E-state index is 13.1. The zero-order chi connectivity index (χ0) is 22.8. The molecule has 0 saturated carbocycles. The van der Waals surface area contributed by atoms with E-state index in [2.05, 4.69) is 10.4 Å². The van der Waals surface area contributed by atoms with Crippen LogP contribution in [-0.2, 0) is 18.3 Å². The highest BCUT2D eigenvalue weighted by Gasteiger charge is 2.23. The molecule has 0 fully saturated rings. The van der Waals surface area contributed by atoms with E-state index in [0.29, 0.717) is 30.0 Å². The highest BCUT2D eigenvalue weighted by Crippen LogP contribution is 2.29. The Morgan fingerprint density at radius 1 is 1.12 bits per heavy atom. The molecule has 4 rings (SSSR count). The van der Waals surface area contributed by atoms with Gasteiger partial charge in [-0.25, -0.2) is 4.68 Å². The third-order valence-electron chi connectivity index (χ3n) is 5.76. The number of carbonyl (C=O) groups excluding carboxylic acids is 1. The van der Waals surface area contributed by atoms with Crippen LogP contribution in [0.4, 0.5) is 0 Å². The molecule has 0 aliphatic carbocycles. The van der Waals surface area contributed by atoms with Crippen molar-refractivity contribution in [2.45, 2.75) is 19.4 Å². The summed E-state index contributed by atoms with van der Waals surface area (Å²) in [4.78, 5) is 26.0. The lowest BCUT2D eigenvalue weighted by Gasteiger charge is -2.17. The van der Waals surface area contributed by atoms with Crippen LogP contribution in [0.15, 0.2) is 53.5 Å². The van der Waals surface area contributed by atoms with Gasteiger partial charge in [-0.1, -0.05) is 24.3 Å². The van der Waals surface area contributed by atoms with Crippen LogP contribution in [-0.4, -0.2) is 41.0 Å². The number of rotatable bonds is 7. The summed E-state index contributed by atoms with van der Waals surface area (Å²) in [6.45, 7) is 2.23. The summed E-state index contributed by atoms with van der Waals surface area (Å²) >= 11 is 0. The Hall–Kier alpha value is -3.81. The lowest BCUT2D eigenvalue weighted by atomic mass is 10.1. The van der Waals surface area contributed by atoms with Gasteiger partial charge in [-0.15, -0.1) is 0 Å². The minimum atomic E-state index is -0.578. The summed E-state index contributed by atoms with van der Waals surface area (Å²) in [7, 11) is 4.82. The molecule has 0 radical (unpaired) electrons. The van der Waals surface area contributed by atoms with Crippen LogP contribution in [0.1, 0.15) is 18.5 Å². The number of fused-ring (bicyclic) bond motifs is 3. The van der Waals surface area contributed by atoms with Crippen molar-refractivity contribution in [2.75, 3.05) is 20.8 Å². The highest BCUT2D eigenvalue weighted by molar-refractivity contribution is 6.08. The number of nitrogens with one attached hydrogen (secondary N) is 1. The molecule has 8 heteroatoms. The molecule has 0 bridgehead atoms. The molecule has 1 amide bonds. The quantitative estimate of drug-likeness (QED) is 0.483. The van der Waals surface area contributed by atoms with Crippen LogP contribution in [0, 0.1) is 0 Å². The van der Waals surface area contributed by atoms with E-state index < -0.39 is 6.04 Å². The van der Waals surface area contributed by atoms with Crippen LogP contribution >= 0.6 is 0 Å². The number of hydrogen-bond donors (Lipinski definition) is 1. The molecule has 4 aromatic rings. The van der Waals surface area contributed by atoms with Gasteiger partial charge in [-0.2, -0.15) is 5.10 Å². The van der Waals surface area contributed by atoms with Crippen molar-refractivity contribution in [3.05, 3.63) is 64.6 Å². The van der Waals surface area contributed by atoms with E-state index in [9.17, 15) is 9.59 Å². The van der Waals surface area contributed by atoms with Crippen molar-refractivity contribution < 1.29 is 14.3 Å². The second kappa shape index (κ2) is 8.74. The molecule has 0 aliphatic heterocycles. The van der Waals surface area contributed by atoms with E-state index in [1.165, 1.54) is 4.68 Å². The molecule has 2 aromatic carbocycles.